The zero-order valence-corrected chi connectivity index (χ0v) is 11.3. The Hall–Kier alpha value is -1.39. The number of nitrogens with two attached hydrogens (primary N) is 1. The second kappa shape index (κ2) is 7.84. The summed E-state index contributed by atoms with van der Waals surface area (Å²) in [6.07, 6.45) is 0. The molecule has 0 atom stereocenters. The smallest absolute Gasteiger partial charge is 0.122 e. The number of hydrogen-bond acceptors (Lipinski definition) is 3. The maximum Gasteiger partial charge on any atom is 0.122 e. The average Bonchev–Trinajstić information content (AvgIpc) is 2.38. The molecule has 4 nitrogen and oxygen atoms in total. The fourth-order valence-electron chi connectivity index (χ4n) is 1.78. The van der Waals surface area contributed by atoms with Gasteiger partial charge in [0.25, 0.3) is 0 Å². The molecule has 0 heterocycles. The minimum absolute atomic E-state index is 0.120. The van der Waals surface area contributed by atoms with Crippen molar-refractivity contribution in [3.05, 3.63) is 35.4 Å². The van der Waals surface area contributed by atoms with Crippen molar-refractivity contribution in [2.24, 2.45) is 5.73 Å². The Morgan fingerprint density at radius 1 is 1.39 bits per heavy atom. The lowest BCUT2D eigenvalue weighted by molar-refractivity contribution is 0.113. The topological polar surface area (TPSA) is 62.3 Å². The van der Waals surface area contributed by atoms with Crippen molar-refractivity contribution in [3.8, 4) is 0 Å². The highest BCUT2D eigenvalue weighted by Gasteiger charge is 2.05. The first kappa shape index (κ1) is 14.7. The van der Waals surface area contributed by atoms with Crippen LogP contribution in [0.25, 0.3) is 0 Å². The molecule has 0 spiro atoms. The number of benzene rings is 1. The summed E-state index contributed by atoms with van der Waals surface area (Å²) in [7, 11) is 0. The maximum absolute atomic E-state index is 7.44. The van der Waals surface area contributed by atoms with Crippen LogP contribution >= 0.6 is 0 Å². The Bertz CT molecular complexity index is 379. The molecular weight excluding hydrogens is 226 g/mol. The summed E-state index contributed by atoms with van der Waals surface area (Å²) >= 11 is 0. The molecular formula is C14H23N3O. The molecule has 0 saturated heterocycles. The van der Waals surface area contributed by atoms with Gasteiger partial charge in [-0.15, -0.1) is 0 Å². The van der Waals surface area contributed by atoms with Crippen molar-refractivity contribution in [1.82, 2.24) is 4.90 Å². The highest BCUT2D eigenvalue weighted by molar-refractivity contribution is 5.95. The van der Waals surface area contributed by atoms with Crippen molar-refractivity contribution < 1.29 is 4.74 Å². The Balaban J connectivity index is 2.58. The minimum Gasteiger partial charge on any atom is -0.384 e. The molecule has 0 amide bonds. The van der Waals surface area contributed by atoms with E-state index >= 15 is 0 Å². The lowest BCUT2D eigenvalue weighted by Gasteiger charge is -2.20. The second-order valence-corrected chi connectivity index (χ2v) is 4.18. The van der Waals surface area contributed by atoms with Gasteiger partial charge in [0.15, 0.2) is 0 Å². The monoisotopic (exact) mass is 249 g/mol. The number of ether oxygens (including phenoxy) is 1. The Morgan fingerprint density at radius 2 is 2.17 bits per heavy atom. The van der Waals surface area contributed by atoms with Crippen LogP contribution in [0.1, 0.15) is 25.0 Å². The maximum atomic E-state index is 7.44. The highest BCUT2D eigenvalue weighted by Crippen LogP contribution is 2.08. The van der Waals surface area contributed by atoms with E-state index < -0.39 is 0 Å². The predicted molar refractivity (Wildman–Crippen MR) is 74.9 cm³/mol. The summed E-state index contributed by atoms with van der Waals surface area (Å²) in [5.74, 6) is 0.120. The van der Waals surface area contributed by atoms with E-state index in [0.717, 1.165) is 38.4 Å². The van der Waals surface area contributed by atoms with E-state index in [-0.39, 0.29) is 5.84 Å². The minimum atomic E-state index is 0.120. The third kappa shape index (κ3) is 4.85. The lowest BCUT2D eigenvalue weighted by atomic mass is 10.1. The quantitative estimate of drug-likeness (QED) is 0.420. The third-order valence-electron chi connectivity index (χ3n) is 2.85. The molecule has 0 radical (unpaired) electrons. The predicted octanol–water partition coefficient (Wildman–Crippen LogP) is 1.83. The average molecular weight is 249 g/mol. The Labute approximate surface area is 109 Å². The molecule has 100 valence electrons. The number of nitrogens with zero attached hydrogens (tertiary/aromatic N) is 1. The molecule has 0 aromatic heterocycles. The van der Waals surface area contributed by atoms with Crippen LogP contribution in [0.15, 0.2) is 24.3 Å². The summed E-state index contributed by atoms with van der Waals surface area (Å²) in [6, 6.07) is 7.85. The molecule has 0 unspecified atom stereocenters. The number of nitrogens with one attached hydrogen (secondary N) is 1. The van der Waals surface area contributed by atoms with Gasteiger partial charge in [-0.2, -0.15) is 0 Å². The normalized spacial score (nSPS) is 10.8. The first-order valence-corrected chi connectivity index (χ1v) is 6.40. The summed E-state index contributed by atoms with van der Waals surface area (Å²) in [5.41, 5.74) is 7.46. The van der Waals surface area contributed by atoms with Crippen molar-refractivity contribution >= 4 is 5.84 Å². The third-order valence-corrected chi connectivity index (χ3v) is 2.85. The van der Waals surface area contributed by atoms with Crippen molar-refractivity contribution in [2.45, 2.75) is 20.4 Å². The van der Waals surface area contributed by atoms with E-state index in [1.54, 1.807) is 0 Å². The van der Waals surface area contributed by atoms with Gasteiger partial charge >= 0.3 is 0 Å². The summed E-state index contributed by atoms with van der Waals surface area (Å²) < 4.78 is 5.37. The van der Waals surface area contributed by atoms with Crippen molar-refractivity contribution in [2.75, 3.05) is 26.3 Å². The number of nitrogen functional groups attached to an aromatic ring is 1. The first-order valence-electron chi connectivity index (χ1n) is 6.40. The molecule has 0 bridgehead atoms. The SMILES string of the molecule is CCOCCN(CC)Cc1cccc(C(=N)N)c1. The van der Waals surface area contributed by atoms with E-state index in [1.807, 2.05) is 25.1 Å². The van der Waals surface area contributed by atoms with Crippen molar-refractivity contribution in [3.63, 3.8) is 0 Å². The highest BCUT2D eigenvalue weighted by atomic mass is 16.5. The molecule has 1 aromatic rings. The van der Waals surface area contributed by atoms with Crippen LogP contribution in [-0.2, 0) is 11.3 Å². The lowest BCUT2D eigenvalue weighted by Crippen LogP contribution is -2.27. The van der Waals surface area contributed by atoms with E-state index in [4.69, 9.17) is 15.9 Å². The zero-order chi connectivity index (χ0) is 13.4. The molecule has 18 heavy (non-hydrogen) atoms. The van der Waals surface area contributed by atoms with Crippen LogP contribution in [0, 0.1) is 5.41 Å². The molecule has 0 aliphatic carbocycles. The van der Waals surface area contributed by atoms with Crippen LogP contribution in [0.4, 0.5) is 0 Å². The molecule has 0 aliphatic heterocycles. The van der Waals surface area contributed by atoms with Crippen molar-refractivity contribution in [1.29, 1.82) is 5.41 Å². The van der Waals surface area contributed by atoms with Crippen LogP contribution in [-0.4, -0.2) is 37.0 Å². The molecule has 3 N–H and O–H groups in total. The van der Waals surface area contributed by atoms with Gasteiger partial charge < -0.3 is 10.5 Å². The van der Waals surface area contributed by atoms with Gasteiger partial charge in [-0.05, 0) is 25.1 Å². The van der Waals surface area contributed by atoms with E-state index in [9.17, 15) is 0 Å². The molecule has 1 rings (SSSR count). The summed E-state index contributed by atoms with van der Waals surface area (Å²) in [5, 5.41) is 7.44. The zero-order valence-electron chi connectivity index (χ0n) is 11.3. The van der Waals surface area contributed by atoms with Gasteiger partial charge in [-0.1, -0.05) is 25.1 Å². The van der Waals surface area contributed by atoms with Gasteiger partial charge in [0.2, 0.25) is 0 Å². The number of rotatable bonds is 8. The van der Waals surface area contributed by atoms with Gasteiger partial charge in [0.05, 0.1) is 6.61 Å². The molecule has 0 fully saturated rings. The molecule has 4 heteroatoms. The molecule has 1 aromatic carbocycles. The van der Waals surface area contributed by atoms with Gasteiger partial charge in [0, 0.05) is 25.3 Å². The largest absolute Gasteiger partial charge is 0.384 e. The number of amidine groups is 1. The summed E-state index contributed by atoms with van der Waals surface area (Å²) in [6.45, 7) is 8.44. The Kier molecular flexibility index (Phi) is 6.39. The van der Waals surface area contributed by atoms with E-state index in [1.165, 1.54) is 5.56 Å². The number of hydrogen-bond donors (Lipinski definition) is 2. The second-order valence-electron chi connectivity index (χ2n) is 4.18. The molecule has 0 saturated carbocycles. The standard InChI is InChI=1S/C14H23N3O/c1-3-17(8-9-18-4-2)11-12-6-5-7-13(10-12)14(15)16/h5-7,10H,3-4,8-9,11H2,1-2H3,(H3,15,16). The fraction of sp³-hybridized carbons (Fsp3) is 0.500. The van der Waals surface area contributed by atoms with Crippen LogP contribution in [0.3, 0.4) is 0 Å². The van der Waals surface area contributed by atoms with Gasteiger partial charge in [-0.3, -0.25) is 10.3 Å². The van der Waals surface area contributed by atoms with E-state index in [2.05, 4.69) is 17.9 Å². The van der Waals surface area contributed by atoms with Crippen LogP contribution in [0.5, 0.6) is 0 Å². The Morgan fingerprint density at radius 3 is 2.78 bits per heavy atom. The van der Waals surface area contributed by atoms with E-state index in [0.29, 0.717) is 0 Å². The number of likely N-dealkylation sites (N-methyl/N-ethyl adjacent to an activating group) is 1. The first-order chi connectivity index (χ1) is 8.67. The van der Waals surface area contributed by atoms with Gasteiger partial charge in [0.1, 0.15) is 5.84 Å². The fourth-order valence-corrected chi connectivity index (χ4v) is 1.78. The summed E-state index contributed by atoms with van der Waals surface area (Å²) in [4.78, 5) is 2.31. The van der Waals surface area contributed by atoms with Gasteiger partial charge in [-0.25, -0.2) is 0 Å². The van der Waals surface area contributed by atoms with Crippen LogP contribution < -0.4 is 5.73 Å². The van der Waals surface area contributed by atoms with Crippen LogP contribution in [0.2, 0.25) is 0 Å². The molecule has 0 aliphatic rings.